The van der Waals surface area contributed by atoms with Crippen molar-refractivity contribution >= 4 is 22.8 Å². The summed E-state index contributed by atoms with van der Waals surface area (Å²) in [4.78, 5) is 26.4. The average molecular weight is 288 g/mol. The summed E-state index contributed by atoms with van der Waals surface area (Å²) in [5, 5.41) is 12.8. The zero-order valence-electron chi connectivity index (χ0n) is 12.2. The molecule has 0 bridgehead atoms. The number of carboxylic acids is 1. The summed E-state index contributed by atoms with van der Waals surface area (Å²) in [5.74, 6) is -1.36. The fourth-order valence-corrected chi connectivity index (χ4v) is 2.36. The molecule has 0 aliphatic rings. The molecule has 0 aliphatic heterocycles. The number of fused-ring (bicyclic) bond motifs is 1. The van der Waals surface area contributed by atoms with Crippen molar-refractivity contribution in [3.8, 4) is 0 Å². The molecule has 0 unspecified atom stereocenters. The van der Waals surface area contributed by atoms with Crippen molar-refractivity contribution in [2.45, 2.75) is 32.7 Å². The first-order valence-corrected chi connectivity index (χ1v) is 7.10. The number of aromatic amines is 1. The van der Waals surface area contributed by atoms with Crippen LogP contribution >= 0.6 is 0 Å². The number of rotatable bonds is 6. The number of hydrogen-bond donors (Lipinski definition) is 3. The molecular weight excluding hydrogens is 268 g/mol. The van der Waals surface area contributed by atoms with Crippen LogP contribution in [0.4, 0.5) is 0 Å². The summed E-state index contributed by atoms with van der Waals surface area (Å²) >= 11 is 0. The largest absolute Gasteiger partial charge is 0.480 e. The Morgan fingerprint density at radius 3 is 2.71 bits per heavy atom. The maximum atomic E-state index is 12.1. The summed E-state index contributed by atoms with van der Waals surface area (Å²) in [7, 11) is 0. The van der Waals surface area contributed by atoms with Gasteiger partial charge in [0.1, 0.15) is 6.04 Å². The molecule has 1 amide bonds. The van der Waals surface area contributed by atoms with Crippen molar-refractivity contribution in [1.82, 2.24) is 10.3 Å². The van der Waals surface area contributed by atoms with Crippen LogP contribution in [0.5, 0.6) is 0 Å². The van der Waals surface area contributed by atoms with Crippen molar-refractivity contribution < 1.29 is 14.7 Å². The second-order valence-corrected chi connectivity index (χ2v) is 5.31. The summed E-state index contributed by atoms with van der Waals surface area (Å²) in [6, 6.07) is 6.88. The van der Waals surface area contributed by atoms with E-state index in [1.54, 1.807) is 6.20 Å². The molecular formula is C16H20N2O3. The minimum absolute atomic E-state index is 0.102. The van der Waals surface area contributed by atoms with Crippen LogP contribution in [-0.2, 0) is 16.0 Å². The predicted molar refractivity (Wildman–Crippen MR) is 81.0 cm³/mol. The van der Waals surface area contributed by atoms with Crippen LogP contribution in [0.15, 0.2) is 30.5 Å². The van der Waals surface area contributed by atoms with Crippen LogP contribution in [0, 0.1) is 5.92 Å². The van der Waals surface area contributed by atoms with Gasteiger partial charge in [-0.1, -0.05) is 38.5 Å². The van der Waals surface area contributed by atoms with Gasteiger partial charge < -0.3 is 15.4 Å². The van der Waals surface area contributed by atoms with Crippen molar-refractivity contribution in [2.24, 2.45) is 5.92 Å². The molecule has 5 heteroatoms. The van der Waals surface area contributed by atoms with E-state index in [0.717, 1.165) is 16.5 Å². The number of aliphatic carboxylic acids is 1. The first-order valence-electron chi connectivity index (χ1n) is 7.10. The highest BCUT2D eigenvalue weighted by Gasteiger charge is 2.25. The van der Waals surface area contributed by atoms with Crippen LogP contribution in [-0.4, -0.2) is 28.0 Å². The van der Waals surface area contributed by atoms with Gasteiger partial charge in [-0.15, -0.1) is 0 Å². The van der Waals surface area contributed by atoms with E-state index in [1.807, 2.05) is 38.1 Å². The molecule has 1 heterocycles. The Kier molecular flexibility index (Phi) is 4.62. The van der Waals surface area contributed by atoms with E-state index in [4.69, 9.17) is 0 Å². The Morgan fingerprint density at radius 1 is 1.33 bits per heavy atom. The van der Waals surface area contributed by atoms with E-state index < -0.39 is 12.0 Å². The molecule has 1 aromatic heterocycles. The maximum absolute atomic E-state index is 12.1. The second-order valence-electron chi connectivity index (χ2n) is 5.31. The Labute approximate surface area is 123 Å². The summed E-state index contributed by atoms with van der Waals surface area (Å²) in [6.07, 6.45) is 2.66. The molecule has 0 saturated heterocycles. The molecule has 2 rings (SSSR count). The third-order valence-electron chi connectivity index (χ3n) is 3.82. The topological polar surface area (TPSA) is 82.2 Å². The van der Waals surface area contributed by atoms with Gasteiger partial charge in [-0.3, -0.25) is 4.79 Å². The minimum Gasteiger partial charge on any atom is -0.480 e. The summed E-state index contributed by atoms with van der Waals surface area (Å²) in [6.45, 7) is 3.73. The quantitative estimate of drug-likeness (QED) is 0.763. The maximum Gasteiger partial charge on any atom is 0.326 e. The first kappa shape index (κ1) is 15.1. The lowest BCUT2D eigenvalue weighted by molar-refractivity contribution is -0.143. The number of H-pyrrole nitrogens is 1. The van der Waals surface area contributed by atoms with Gasteiger partial charge in [-0.25, -0.2) is 4.79 Å². The fraction of sp³-hybridized carbons (Fsp3) is 0.375. The van der Waals surface area contributed by atoms with Gasteiger partial charge >= 0.3 is 5.97 Å². The number of hydrogen-bond acceptors (Lipinski definition) is 2. The lowest BCUT2D eigenvalue weighted by atomic mass is 9.99. The molecule has 2 aromatic rings. The van der Waals surface area contributed by atoms with Crippen molar-refractivity contribution in [1.29, 1.82) is 0 Å². The summed E-state index contributed by atoms with van der Waals surface area (Å²) in [5.41, 5.74) is 1.84. The number of carbonyl (C=O) groups excluding carboxylic acids is 1. The molecule has 0 aliphatic carbocycles. The van der Waals surface area contributed by atoms with Crippen LogP contribution in [0.3, 0.4) is 0 Å². The highest BCUT2D eigenvalue weighted by Crippen LogP contribution is 2.18. The smallest absolute Gasteiger partial charge is 0.326 e. The molecule has 0 fully saturated rings. The van der Waals surface area contributed by atoms with Gasteiger partial charge in [-0.05, 0) is 17.5 Å². The molecule has 0 spiro atoms. The zero-order valence-corrected chi connectivity index (χ0v) is 12.2. The molecule has 1 aromatic carbocycles. The second kappa shape index (κ2) is 6.43. The van der Waals surface area contributed by atoms with Crippen LogP contribution < -0.4 is 5.32 Å². The molecule has 0 saturated carbocycles. The summed E-state index contributed by atoms with van der Waals surface area (Å²) < 4.78 is 0. The number of carbonyl (C=O) groups is 2. The molecule has 21 heavy (non-hydrogen) atoms. The van der Waals surface area contributed by atoms with Crippen LogP contribution in [0.1, 0.15) is 25.8 Å². The SMILES string of the molecule is CC[C@H](C)[C@H](NC(=O)Cc1c[nH]c2ccccc12)C(=O)O. The van der Waals surface area contributed by atoms with Gasteiger partial charge in [0.15, 0.2) is 0 Å². The Balaban J connectivity index is 2.09. The highest BCUT2D eigenvalue weighted by molar-refractivity contribution is 5.90. The van der Waals surface area contributed by atoms with E-state index in [0.29, 0.717) is 6.42 Å². The Hall–Kier alpha value is -2.30. The minimum atomic E-state index is -0.989. The Bertz CT molecular complexity index is 648. The van der Waals surface area contributed by atoms with E-state index >= 15 is 0 Å². The number of para-hydroxylation sites is 1. The van der Waals surface area contributed by atoms with Crippen molar-refractivity contribution in [3.63, 3.8) is 0 Å². The highest BCUT2D eigenvalue weighted by atomic mass is 16.4. The van der Waals surface area contributed by atoms with E-state index in [1.165, 1.54) is 0 Å². The van der Waals surface area contributed by atoms with Crippen LogP contribution in [0.2, 0.25) is 0 Å². The number of nitrogens with one attached hydrogen (secondary N) is 2. The van der Waals surface area contributed by atoms with Crippen molar-refractivity contribution in [2.75, 3.05) is 0 Å². The number of benzene rings is 1. The first-order chi connectivity index (χ1) is 10.0. The molecule has 112 valence electrons. The lowest BCUT2D eigenvalue weighted by Gasteiger charge is -2.20. The van der Waals surface area contributed by atoms with Gasteiger partial charge in [0, 0.05) is 17.1 Å². The van der Waals surface area contributed by atoms with Gasteiger partial charge in [-0.2, -0.15) is 0 Å². The standard InChI is InChI=1S/C16H20N2O3/c1-3-10(2)15(16(20)21)18-14(19)8-11-9-17-13-7-5-4-6-12(11)13/h4-7,9-10,15,17H,3,8H2,1-2H3,(H,18,19)(H,20,21)/t10-,15-/m0/s1. The number of aromatic nitrogens is 1. The van der Waals surface area contributed by atoms with Crippen molar-refractivity contribution in [3.05, 3.63) is 36.0 Å². The normalized spacial score (nSPS) is 13.8. The third kappa shape index (κ3) is 3.42. The van der Waals surface area contributed by atoms with Gasteiger partial charge in [0.2, 0.25) is 5.91 Å². The zero-order chi connectivity index (χ0) is 15.4. The van der Waals surface area contributed by atoms with E-state index in [9.17, 15) is 14.7 Å². The Morgan fingerprint density at radius 2 is 2.05 bits per heavy atom. The fourth-order valence-electron chi connectivity index (χ4n) is 2.36. The van der Waals surface area contributed by atoms with Gasteiger partial charge in [0.25, 0.3) is 0 Å². The molecule has 0 radical (unpaired) electrons. The molecule has 3 N–H and O–H groups in total. The predicted octanol–water partition coefficient (Wildman–Crippen LogP) is 2.33. The van der Waals surface area contributed by atoms with Gasteiger partial charge in [0.05, 0.1) is 6.42 Å². The van der Waals surface area contributed by atoms with E-state index in [-0.39, 0.29) is 18.2 Å². The number of amides is 1. The van der Waals surface area contributed by atoms with Crippen LogP contribution in [0.25, 0.3) is 10.9 Å². The monoisotopic (exact) mass is 288 g/mol. The molecule has 2 atom stereocenters. The third-order valence-corrected chi connectivity index (χ3v) is 3.82. The average Bonchev–Trinajstić information content (AvgIpc) is 2.87. The lowest BCUT2D eigenvalue weighted by Crippen LogP contribution is -2.45. The number of carboxylic acid groups (broad SMARTS) is 1. The van der Waals surface area contributed by atoms with E-state index in [2.05, 4.69) is 10.3 Å². The molecule has 5 nitrogen and oxygen atoms in total.